The fourth-order valence-electron chi connectivity index (χ4n) is 4.06. The van der Waals surface area contributed by atoms with Gasteiger partial charge in [-0.2, -0.15) is 0 Å². The first kappa shape index (κ1) is 24.0. The third-order valence-electron chi connectivity index (χ3n) is 6.59. The van der Waals surface area contributed by atoms with E-state index in [1.807, 2.05) is 0 Å². The fraction of sp³-hybridized carbons (Fsp3) is 0.783. The third kappa shape index (κ3) is 6.18. The molecule has 174 valence electrons. The van der Waals surface area contributed by atoms with Gasteiger partial charge in [-0.15, -0.1) is 11.8 Å². The topological polar surface area (TPSA) is 102 Å². The molecule has 2 aliphatic carbocycles. The number of amides is 1. The summed E-state index contributed by atoms with van der Waals surface area (Å²) in [4.78, 5) is 25.0. The van der Waals surface area contributed by atoms with Crippen LogP contribution in [0.2, 0.25) is 0 Å². The monoisotopic (exact) mass is 452 g/mol. The molecular formula is C23H36N2O5S. The summed E-state index contributed by atoms with van der Waals surface area (Å²) in [5, 5.41) is 16.8. The number of thioether (sulfide) groups is 1. The number of carboxylic acids is 1. The first-order valence-electron chi connectivity index (χ1n) is 11.6. The Morgan fingerprint density at radius 3 is 2.58 bits per heavy atom. The van der Waals surface area contributed by atoms with E-state index in [1.165, 1.54) is 25.7 Å². The number of aromatic nitrogens is 1. The van der Waals surface area contributed by atoms with E-state index in [2.05, 4.69) is 24.3 Å². The van der Waals surface area contributed by atoms with Crippen molar-refractivity contribution in [2.24, 2.45) is 17.3 Å². The Labute approximate surface area is 189 Å². The maximum atomic E-state index is 13.0. The smallest absolute Gasteiger partial charge is 0.312 e. The Bertz CT molecular complexity index is 768. The van der Waals surface area contributed by atoms with Gasteiger partial charge in [0.1, 0.15) is 11.5 Å². The first-order valence-corrected chi connectivity index (χ1v) is 12.5. The van der Waals surface area contributed by atoms with Gasteiger partial charge >= 0.3 is 5.97 Å². The second-order valence-corrected chi connectivity index (χ2v) is 11.0. The lowest BCUT2D eigenvalue weighted by atomic mass is 9.95. The van der Waals surface area contributed by atoms with Crippen LogP contribution in [0, 0.1) is 17.3 Å². The van der Waals surface area contributed by atoms with Crippen molar-refractivity contribution in [2.45, 2.75) is 95.2 Å². The van der Waals surface area contributed by atoms with E-state index in [0.717, 1.165) is 25.7 Å². The van der Waals surface area contributed by atoms with E-state index in [9.17, 15) is 14.7 Å². The summed E-state index contributed by atoms with van der Waals surface area (Å²) in [5.41, 5.74) is -1.06. The molecule has 2 saturated carbocycles. The van der Waals surface area contributed by atoms with Gasteiger partial charge in [0.2, 0.25) is 5.76 Å². The number of carbonyl (C=O) groups excluding carboxylic acids is 1. The Kier molecular flexibility index (Phi) is 7.94. The normalized spacial score (nSPS) is 21.5. The molecule has 0 radical (unpaired) electrons. The van der Waals surface area contributed by atoms with Crippen molar-refractivity contribution in [2.75, 3.05) is 6.61 Å². The molecule has 0 bridgehead atoms. The molecule has 0 saturated heterocycles. The van der Waals surface area contributed by atoms with E-state index in [0.29, 0.717) is 22.0 Å². The predicted octanol–water partition coefficient (Wildman–Crippen LogP) is 5.14. The number of nitrogens with zero attached hydrogens (tertiary/aromatic N) is 1. The summed E-state index contributed by atoms with van der Waals surface area (Å²) in [5.74, 6) is 0.459. The Hall–Kier alpha value is -1.70. The fourth-order valence-corrected chi connectivity index (χ4v) is 5.40. The van der Waals surface area contributed by atoms with Crippen molar-refractivity contribution in [3.63, 3.8) is 0 Å². The molecule has 0 spiro atoms. The van der Waals surface area contributed by atoms with Crippen molar-refractivity contribution >= 4 is 23.6 Å². The molecule has 3 rings (SSSR count). The molecule has 8 heteroatoms. The lowest BCUT2D eigenvalue weighted by Gasteiger charge is -2.19. The van der Waals surface area contributed by atoms with Gasteiger partial charge in [0.15, 0.2) is 0 Å². The van der Waals surface area contributed by atoms with E-state index in [-0.39, 0.29) is 30.2 Å². The lowest BCUT2D eigenvalue weighted by molar-refractivity contribution is -0.148. The van der Waals surface area contributed by atoms with Crippen LogP contribution in [-0.2, 0) is 4.79 Å². The van der Waals surface area contributed by atoms with Crippen molar-refractivity contribution in [3.8, 4) is 5.88 Å². The minimum Gasteiger partial charge on any atom is -0.481 e. The molecule has 2 aliphatic rings. The highest BCUT2D eigenvalue weighted by Crippen LogP contribution is 2.42. The highest BCUT2D eigenvalue weighted by molar-refractivity contribution is 8.00. The van der Waals surface area contributed by atoms with Crippen LogP contribution in [0.25, 0.3) is 0 Å². The largest absolute Gasteiger partial charge is 0.481 e. The number of aliphatic carboxylic acids is 1. The summed E-state index contributed by atoms with van der Waals surface area (Å²) in [6.45, 7) is 7.59. The van der Waals surface area contributed by atoms with Gasteiger partial charge in [-0.05, 0) is 56.5 Å². The summed E-state index contributed by atoms with van der Waals surface area (Å²) in [7, 11) is 0. The second-order valence-electron chi connectivity index (χ2n) is 9.64. The summed E-state index contributed by atoms with van der Waals surface area (Å²) in [6.07, 6.45) is 9.01. The average Bonchev–Trinajstić information content (AvgIpc) is 3.09. The second kappa shape index (κ2) is 10.3. The van der Waals surface area contributed by atoms with Crippen molar-refractivity contribution in [1.82, 2.24) is 10.5 Å². The molecule has 7 nitrogen and oxygen atoms in total. The van der Waals surface area contributed by atoms with Gasteiger partial charge in [0.05, 0.1) is 5.41 Å². The maximum Gasteiger partial charge on any atom is 0.312 e. The summed E-state index contributed by atoms with van der Waals surface area (Å²) < 4.78 is 11.2. The molecule has 1 heterocycles. The summed E-state index contributed by atoms with van der Waals surface area (Å²) >= 11 is 1.58. The predicted molar refractivity (Wildman–Crippen MR) is 120 cm³/mol. The van der Waals surface area contributed by atoms with E-state index < -0.39 is 11.4 Å². The van der Waals surface area contributed by atoms with E-state index in [4.69, 9.17) is 9.26 Å². The van der Waals surface area contributed by atoms with Crippen LogP contribution < -0.4 is 10.1 Å². The zero-order chi connectivity index (χ0) is 22.6. The van der Waals surface area contributed by atoms with Gasteiger partial charge in [-0.25, -0.2) is 0 Å². The molecule has 1 aromatic heterocycles. The van der Waals surface area contributed by atoms with Crippen LogP contribution in [-0.4, -0.2) is 40.0 Å². The Morgan fingerprint density at radius 2 is 1.97 bits per heavy atom. The van der Waals surface area contributed by atoms with E-state index >= 15 is 0 Å². The van der Waals surface area contributed by atoms with Crippen LogP contribution in [0.1, 0.15) is 89.6 Å². The van der Waals surface area contributed by atoms with Crippen LogP contribution in [0.4, 0.5) is 0 Å². The number of ether oxygens (including phenoxy) is 1. The molecule has 31 heavy (non-hydrogen) atoms. The standard InChI is InChI=1S/C23H36N2O5S/c1-5-14(6-2)11-15-12-17(15)24-20(26)18-19(31-16-9-7-8-10-16)21(25-30-18)29-13-23(3,4)22(27)28/h14-17H,5-13H2,1-4H3,(H,24,26)(H,27,28). The number of carbonyl (C=O) groups is 2. The van der Waals surface area contributed by atoms with Crippen LogP contribution in [0.15, 0.2) is 9.42 Å². The number of nitrogens with one attached hydrogen (secondary N) is 1. The SMILES string of the molecule is CCC(CC)CC1CC1NC(=O)c1onc(OCC(C)(C)C(=O)O)c1SC1CCCC1. The molecule has 2 atom stereocenters. The number of hydrogen-bond acceptors (Lipinski definition) is 6. The van der Waals surface area contributed by atoms with Gasteiger partial charge < -0.3 is 19.7 Å². The Morgan fingerprint density at radius 1 is 1.29 bits per heavy atom. The molecule has 1 aromatic rings. The number of hydrogen-bond donors (Lipinski definition) is 2. The molecule has 2 fully saturated rings. The molecule has 1 amide bonds. The van der Waals surface area contributed by atoms with Gasteiger partial charge in [0.25, 0.3) is 11.8 Å². The minimum absolute atomic E-state index is 0.0473. The zero-order valence-corrected chi connectivity index (χ0v) is 19.9. The zero-order valence-electron chi connectivity index (χ0n) is 19.1. The van der Waals surface area contributed by atoms with Crippen LogP contribution in [0.3, 0.4) is 0 Å². The molecule has 0 aromatic carbocycles. The Balaban J connectivity index is 1.68. The molecular weight excluding hydrogens is 416 g/mol. The number of rotatable bonds is 12. The molecule has 0 aliphatic heterocycles. The molecule has 2 unspecified atom stereocenters. The quantitative estimate of drug-likeness (QED) is 0.452. The van der Waals surface area contributed by atoms with Crippen molar-refractivity contribution in [3.05, 3.63) is 5.76 Å². The van der Waals surface area contributed by atoms with Crippen LogP contribution in [0.5, 0.6) is 5.88 Å². The number of carboxylic acid groups (broad SMARTS) is 1. The maximum absolute atomic E-state index is 13.0. The van der Waals surface area contributed by atoms with Gasteiger partial charge in [0, 0.05) is 11.3 Å². The summed E-state index contributed by atoms with van der Waals surface area (Å²) in [6, 6.07) is 0.192. The van der Waals surface area contributed by atoms with Gasteiger partial charge in [-0.3, -0.25) is 9.59 Å². The average molecular weight is 453 g/mol. The van der Waals surface area contributed by atoms with Gasteiger partial charge in [-0.1, -0.05) is 39.5 Å². The van der Waals surface area contributed by atoms with E-state index in [1.54, 1.807) is 25.6 Å². The first-order chi connectivity index (χ1) is 14.7. The highest BCUT2D eigenvalue weighted by Gasteiger charge is 2.41. The molecule has 2 N–H and O–H groups in total. The van der Waals surface area contributed by atoms with Crippen molar-refractivity contribution < 1.29 is 24.0 Å². The van der Waals surface area contributed by atoms with Crippen LogP contribution >= 0.6 is 11.8 Å². The third-order valence-corrected chi connectivity index (χ3v) is 7.99. The van der Waals surface area contributed by atoms with Crippen molar-refractivity contribution in [1.29, 1.82) is 0 Å². The minimum atomic E-state index is -1.06. The highest BCUT2D eigenvalue weighted by atomic mass is 32.2. The lowest BCUT2D eigenvalue weighted by Crippen LogP contribution is -2.31.